The maximum atomic E-state index is 10.7. The molecular weight excluding hydrogens is 274 g/mol. The van der Waals surface area contributed by atoms with E-state index in [2.05, 4.69) is 4.98 Å². The number of benzene rings is 1. The van der Waals surface area contributed by atoms with Gasteiger partial charge in [0.2, 0.25) is 0 Å². The number of nitrogens with zero attached hydrogens (tertiary/aromatic N) is 1. The number of carbonyl (C=O) groups is 1. The second-order valence-electron chi connectivity index (χ2n) is 4.50. The number of ether oxygens (including phenoxy) is 1. The summed E-state index contributed by atoms with van der Waals surface area (Å²) in [4.78, 5) is 14.8. The second-order valence-corrected chi connectivity index (χ2v) is 5.45. The highest BCUT2D eigenvalue weighted by molar-refractivity contribution is 7.09. The molecule has 1 N–H and O–H groups in total. The maximum absolute atomic E-state index is 10.7. The number of thiazole rings is 1. The molecule has 0 aliphatic carbocycles. The normalized spacial score (nSPS) is 10.4. The van der Waals surface area contributed by atoms with E-state index in [1.807, 2.05) is 31.2 Å². The number of para-hydroxylation sites is 1. The van der Waals surface area contributed by atoms with Crippen molar-refractivity contribution in [2.24, 2.45) is 0 Å². The first-order chi connectivity index (χ1) is 9.66. The van der Waals surface area contributed by atoms with Crippen LogP contribution in [-0.4, -0.2) is 22.7 Å². The Morgan fingerprint density at radius 1 is 1.35 bits per heavy atom. The summed E-state index contributed by atoms with van der Waals surface area (Å²) < 4.78 is 5.71. The first-order valence-electron chi connectivity index (χ1n) is 6.53. The lowest BCUT2D eigenvalue weighted by Gasteiger charge is -2.08. The first kappa shape index (κ1) is 14.5. The van der Waals surface area contributed by atoms with Crippen LogP contribution in [0, 0.1) is 6.92 Å². The molecule has 0 saturated heterocycles. The number of rotatable bonds is 7. The van der Waals surface area contributed by atoms with Gasteiger partial charge < -0.3 is 9.84 Å². The Kier molecular flexibility index (Phi) is 5.12. The molecule has 0 aliphatic heterocycles. The van der Waals surface area contributed by atoms with Gasteiger partial charge in [-0.1, -0.05) is 18.2 Å². The zero-order valence-electron chi connectivity index (χ0n) is 11.3. The average Bonchev–Trinajstić information content (AvgIpc) is 2.89. The first-order valence-corrected chi connectivity index (χ1v) is 7.41. The van der Waals surface area contributed by atoms with Crippen molar-refractivity contribution in [3.05, 3.63) is 45.9 Å². The van der Waals surface area contributed by atoms with Crippen LogP contribution < -0.4 is 4.74 Å². The minimum absolute atomic E-state index is 0.140. The molecule has 5 heteroatoms. The fraction of sp³-hybridized carbons (Fsp3) is 0.333. The molecule has 2 rings (SSSR count). The Labute approximate surface area is 122 Å². The molecule has 1 aromatic carbocycles. The third-order valence-corrected chi connectivity index (χ3v) is 3.82. The predicted molar refractivity (Wildman–Crippen MR) is 78.7 cm³/mol. The molecule has 20 heavy (non-hydrogen) atoms. The van der Waals surface area contributed by atoms with Crippen LogP contribution in [0.1, 0.15) is 33.9 Å². The molecular formula is C15H17NO3S. The zero-order valence-corrected chi connectivity index (χ0v) is 12.2. The van der Waals surface area contributed by atoms with Crippen LogP contribution in [0.25, 0.3) is 0 Å². The molecule has 0 atom stereocenters. The standard InChI is InChI=1S/C15H17NO3S/c1-11-6-2-3-7-13(11)19-9-5-4-8-14-16-12(10-20-14)15(17)18/h2-3,6-7,10H,4-5,8-9H2,1H3,(H,17,18). The minimum Gasteiger partial charge on any atom is -0.493 e. The van der Waals surface area contributed by atoms with E-state index in [0.717, 1.165) is 35.6 Å². The predicted octanol–water partition coefficient (Wildman–Crippen LogP) is 3.55. The summed E-state index contributed by atoms with van der Waals surface area (Å²) in [5.41, 5.74) is 1.28. The number of carboxylic acid groups (broad SMARTS) is 1. The van der Waals surface area contributed by atoms with Gasteiger partial charge in [0.1, 0.15) is 5.75 Å². The van der Waals surface area contributed by atoms with E-state index in [1.165, 1.54) is 11.3 Å². The van der Waals surface area contributed by atoms with Crippen molar-refractivity contribution in [2.75, 3.05) is 6.61 Å². The number of unbranched alkanes of at least 4 members (excludes halogenated alkanes) is 1. The van der Waals surface area contributed by atoms with Crippen molar-refractivity contribution < 1.29 is 14.6 Å². The lowest BCUT2D eigenvalue weighted by Crippen LogP contribution is -2.00. The quantitative estimate of drug-likeness (QED) is 0.792. The molecule has 0 unspecified atom stereocenters. The van der Waals surface area contributed by atoms with Crippen molar-refractivity contribution in [1.82, 2.24) is 4.98 Å². The fourth-order valence-corrected chi connectivity index (χ4v) is 2.62. The number of carboxylic acids is 1. The Bertz CT molecular complexity index is 580. The molecule has 0 saturated carbocycles. The Hall–Kier alpha value is -1.88. The highest BCUT2D eigenvalue weighted by Gasteiger charge is 2.08. The molecule has 2 aromatic rings. The van der Waals surface area contributed by atoms with Crippen LogP contribution in [0.15, 0.2) is 29.6 Å². The molecule has 4 nitrogen and oxygen atoms in total. The topological polar surface area (TPSA) is 59.4 Å². The van der Waals surface area contributed by atoms with Gasteiger partial charge in [-0.3, -0.25) is 0 Å². The van der Waals surface area contributed by atoms with E-state index in [1.54, 1.807) is 5.38 Å². The van der Waals surface area contributed by atoms with Crippen molar-refractivity contribution in [3.63, 3.8) is 0 Å². The Morgan fingerprint density at radius 3 is 2.85 bits per heavy atom. The van der Waals surface area contributed by atoms with E-state index in [4.69, 9.17) is 9.84 Å². The third-order valence-electron chi connectivity index (χ3n) is 2.91. The Morgan fingerprint density at radius 2 is 2.15 bits per heavy atom. The lowest BCUT2D eigenvalue weighted by molar-refractivity contribution is 0.0691. The third kappa shape index (κ3) is 4.06. The summed E-state index contributed by atoms with van der Waals surface area (Å²) >= 11 is 1.40. The smallest absolute Gasteiger partial charge is 0.355 e. The van der Waals surface area contributed by atoms with Crippen molar-refractivity contribution >= 4 is 17.3 Å². The molecule has 0 radical (unpaired) electrons. The summed E-state index contributed by atoms with van der Waals surface area (Å²) in [5.74, 6) is -0.0368. The molecule has 0 spiro atoms. The number of aromatic nitrogens is 1. The minimum atomic E-state index is -0.963. The monoisotopic (exact) mass is 291 g/mol. The molecule has 1 aromatic heterocycles. The highest BCUT2D eigenvalue weighted by Crippen LogP contribution is 2.17. The van der Waals surface area contributed by atoms with E-state index < -0.39 is 5.97 Å². The van der Waals surface area contributed by atoms with E-state index >= 15 is 0 Å². The van der Waals surface area contributed by atoms with Gasteiger partial charge in [-0.15, -0.1) is 11.3 Å². The highest BCUT2D eigenvalue weighted by atomic mass is 32.1. The number of aromatic carboxylic acids is 1. The van der Waals surface area contributed by atoms with E-state index in [0.29, 0.717) is 6.61 Å². The summed E-state index contributed by atoms with van der Waals surface area (Å²) in [7, 11) is 0. The van der Waals surface area contributed by atoms with Crippen LogP contribution in [0.5, 0.6) is 5.75 Å². The SMILES string of the molecule is Cc1ccccc1OCCCCc1nc(C(=O)O)cs1. The van der Waals surface area contributed by atoms with Gasteiger partial charge in [-0.05, 0) is 37.8 Å². The maximum Gasteiger partial charge on any atom is 0.355 e. The largest absolute Gasteiger partial charge is 0.493 e. The van der Waals surface area contributed by atoms with Crippen LogP contribution in [0.4, 0.5) is 0 Å². The van der Waals surface area contributed by atoms with Gasteiger partial charge in [0.15, 0.2) is 5.69 Å². The fourth-order valence-electron chi connectivity index (χ4n) is 1.80. The van der Waals surface area contributed by atoms with E-state index in [-0.39, 0.29) is 5.69 Å². The van der Waals surface area contributed by atoms with Gasteiger partial charge in [-0.2, -0.15) is 0 Å². The van der Waals surface area contributed by atoms with Gasteiger partial charge in [0.25, 0.3) is 0 Å². The van der Waals surface area contributed by atoms with Gasteiger partial charge in [-0.25, -0.2) is 9.78 Å². The summed E-state index contributed by atoms with van der Waals surface area (Å²) in [5, 5.41) is 11.2. The number of hydrogen-bond donors (Lipinski definition) is 1. The average molecular weight is 291 g/mol. The molecule has 0 fully saturated rings. The molecule has 0 aliphatic rings. The van der Waals surface area contributed by atoms with Crippen LogP contribution >= 0.6 is 11.3 Å². The molecule has 0 amide bonds. The lowest BCUT2D eigenvalue weighted by atomic mass is 10.2. The molecule has 1 heterocycles. The van der Waals surface area contributed by atoms with Crippen LogP contribution in [0.3, 0.4) is 0 Å². The Balaban J connectivity index is 1.69. The van der Waals surface area contributed by atoms with Crippen LogP contribution in [-0.2, 0) is 6.42 Å². The van der Waals surface area contributed by atoms with Gasteiger partial charge >= 0.3 is 5.97 Å². The molecule has 0 bridgehead atoms. The van der Waals surface area contributed by atoms with Crippen molar-refractivity contribution in [3.8, 4) is 5.75 Å². The van der Waals surface area contributed by atoms with Crippen molar-refractivity contribution in [1.29, 1.82) is 0 Å². The van der Waals surface area contributed by atoms with Gasteiger partial charge in [0.05, 0.1) is 11.6 Å². The van der Waals surface area contributed by atoms with E-state index in [9.17, 15) is 4.79 Å². The zero-order chi connectivity index (χ0) is 14.4. The summed E-state index contributed by atoms with van der Waals surface area (Å²) in [6.07, 6.45) is 2.67. The number of aryl methyl sites for hydroxylation is 2. The summed E-state index contributed by atoms with van der Waals surface area (Å²) in [6, 6.07) is 7.95. The second kappa shape index (κ2) is 7.05. The van der Waals surface area contributed by atoms with Crippen LogP contribution in [0.2, 0.25) is 0 Å². The summed E-state index contributed by atoms with van der Waals surface area (Å²) in [6.45, 7) is 2.69. The molecule has 106 valence electrons. The van der Waals surface area contributed by atoms with Gasteiger partial charge in [0, 0.05) is 5.38 Å². The van der Waals surface area contributed by atoms with Crippen molar-refractivity contribution in [2.45, 2.75) is 26.2 Å². The number of hydrogen-bond acceptors (Lipinski definition) is 4.